The summed E-state index contributed by atoms with van der Waals surface area (Å²) < 4.78 is 51.4. The fourth-order valence-electron chi connectivity index (χ4n) is 3.07. The highest BCUT2D eigenvalue weighted by Gasteiger charge is 2.36. The zero-order valence-corrected chi connectivity index (χ0v) is 17.7. The number of aromatic nitrogens is 3. The van der Waals surface area contributed by atoms with Crippen LogP contribution in [0.5, 0.6) is 0 Å². The summed E-state index contributed by atoms with van der Waals surface area (Å²) in [6.07, 6.45) is -3.45. The number of alkyl halides is 3. The van der Waals surface area contributed by atoms with Crippen molar-refractivity contribution in [1.29, 1.82) is 0 Å². The number of esters is 1. The van der Waals surface area contributed by atoms with Gasteiger partial charge in [0.05, 0.1) is 18.9 Å². The van der Waals surface area contributed by atoms with Crippen molar-refractivity contribution in [3.05, 3.63) is 57.9 Å². The van der Waals surface area contributed by atoms with Crippen molar-refractivity contribution in [1.82, 2.24) is 14.6 Å². The van der Waals surface area contributed by atoms with Crippen LogP contribution in [0, 0.1) is 13.8 Å². The minimum Gasteiger partial charge on any atom is -0.465 e. The van der Waals surface area contributed by atoms with E-state index in [1.165, 1.54) is 25.5 Å². The van der Waals surface area contributed by atoms with Gasteiger partial charge in [-0.3, -0.25) is 4.79 Å². The molecular formula is C20H15F3N4O4S. The zero-order valence-electron chi connectivity index (χ0n) is 16.9. The van der Waals surface area contributed by atoms with Crippen LogP contribution < -0.4 is 5.32 Å². The smallest absolute Gasteiger partial charge is 0.433 e. The van der Waals surface area contributed by atoms with Gasteiger partial charge in [0.25, 0.3) is 5.91 Å². The van der Waals surface area contributed by atoms with Crippen LogP contribution in [0.15, 0.2) is 34.9 Å². The number of fused-ring (bicyclic) bond motifs is 1. The van der Waals surface area contributed by atoms with Gasteiger partial charge in [-0.2, -0.15) is 18.3 Å². The van der Waals surface area contributed by atoms with Gasteiger partial charge in [0.15, 0.2) is 22.8 Å². The number of aryl methyl sites for hydroxylation is 1. The Morgan fingerprint density at radius 2 is 2.00 bits per heavy atom. The average molecular weight is 464 g/mol. The van der Waals surface area contributed by atoms with Gasteiger partial charge >= 0.3 is 12.1 Å². The molecule has 0 fully saturated rings. The molecule has 1 N–H and O–H groups in total. The van der Waals surface area contributed by atoms with E-state index in [0.717, 1.165) is 28.3 Å². The topological polar surface area (TPSA) is 98.7 Å². The van der Waals surface area contributed by atoms with Crippen molar-refractivity contribution < 1.29 is 31.9 Å². The number of nitrogens with zero attached hydrogens (tertiary/aromatic N) is 3. The molecule has 0 saturated heterocycles. The number of anilines is 1. The lowest BCUT2D eigenvalue weighted by molar-refractivity contribution is -0.142. The highest BCUT2D eigenvalue weighted by atomic mass is 32.1. The number of carbonyl (C=O) groups is 2. The fraction of sp³-hybridized carbons (Fsp3) is 0.200. The molecule has 12 heteroatoms. The predicted molar refractivity (Wildman–Crippen MR) is 109 cm³/mol. The average Bonchev–Trinajstić information content (AvgIpc) is 3.46. The quantitative estimate of drug-likeness (QED) is 0.439. The van der Waals surface area contributed by atoms with Gasteiger partial charge in [-0.15, -0.1) is 11.3 Å². The summed E-state index contributed by atoms with van der Waals surface area (Å²) in [7, 11) is 1.21. The number of amides is 1. The Balaban J connectivity index is 1.77. The summed E-state index contributed by atoms with van der Waals surface area (Å²) in [4.78, 5) is 29.8. The van der Waals surface area contributed by atoms with Crippen LogP contribution in [0.4, 0.5) is 18.2 Å². The van der Waals surface area contributed by atoms with Gasteiger partial charge in [0.1, 0.15) is 10.7 Å². The molecule has 0 bridgehead atoms. The lowest BCUT2D eigenvalue weighted by Gasteiger charge is -2.09. The Morgan fingerprint density at radius 1 is 1.25 bits per heavy atom. The molecule has 0 saturated carbocycles. The molecule has 32 heavy (non-hydrogen) atoms. The Hall–Kier alpha value is -3.67. The maximum atomic E-state index is 13.7. The summed E-state index contributed by atoms with van der Waals surface area (Å²) in [6.45, 7) is 3.47. The number of halogens is 3. The van der Waals surface area contributed by atoms with Crippen molar-refractivity contribution >= 4 is 33.9 Å². The maximum Gasteiger partial charge on any atom is 0.433 e. The number of nitrogens with one attached hydrogen (secondary N) is 1. The van der Waals surface area contributed by atoms with Gasteiger partial charge in [-0.25, -0.2) is 14.3 Å². The standard InChI is InChI=1S/C20H15F3N4O4S/c1-9-10(2)32-18(16(9)19(29)30-3)25-17(28)12-8-15-24-11(13-5-4-6-31-13)7-14(20(21,22)23)27(15)26-12/h4-8H,1-3H3,(H,25,28). The molecule has 8 nitrogen and oxygen atoms in total. The zero-order chi connectivity index (χ0) is 23.2. The van der Waals surface area contributed by atoms with E-state index in [1.54, 1.807) is 13.8 Å². The molecule has 4 rings (SSSR count). The second-order valence-corrected chi connectivity index (χ2v) is 7.96. The van der Waals surface area contributed by atoms with Gasteiger partial charge in [0, 0.05) is 10.9 Å². The predicted octanol–water partition coefficient (Wildman–Crippen LogP) is 4.73. The van der Waals surface area contributed by atoms with Crippen LogP contribution in [-0.4, -0.2) is 33.6 Å². The molecular weight excluding hydrogens is 449 g/mol. The molecule has 4 heterocycles. The number of hydrogen-bond donors (Lipinski definition) is 1. The lowest BCUT2D eigenvalue weighted by atomic mass is 10.1. The first-order chi connectivity index (χ1) is 15.1. The van der Waals surface area contributed by atoms with E-state index in [0.29, 0.717) is 10.1 Å². The summed E-state index contributed by atoms with van der Waals surface area (Å²) in [6, 6.07) is 4.91. The number of carbonyl (C=O) groups excluding carboxylic acids is 2. The largest absolute Gasteiger partial charge is 0.465 e. The molecule has 0 spiro atoms. The number of hydrogen-bond acceptors (Lipinski definition) is 7. The molecule has 166 valence electrons. The van der Waals surface area contributed by atoms with Crippen LogP contribution in [0.25, 0.3) is 17.1 Å². The van der Waals surface area contributed by atoms with Crippen LogP contribution in [0.3, 0.4) is 0 Å². The Kier molecular flexibility index (Phi) is 5.25. The van der Waals surface area contributed by atoms with Crippen molar-refractivity contribution in [3.8, 4) is 11.5 Å². The van der Waals surface area contributed by atoms with Gasteiger partial charge in [-0.1, -0.05) is 0 Å². The monoisotopic (exact) mass is 464 g/mol. The van der Waals surface area contributed by atoms with Gasteiger partial charge in [-0.05, 0) is 37.6 Å². The van der Waals surface area contributed by atoms with E-state index in [-0.39, 0.29) is 33.4 Å². The minimum absolute atomic E-state index is 0.0563. The van der Waals surface area contributed by atoms with Crippen LogP contribution in [0.1, 0.15) is 37.0 Å². The van der Waals surface area contributed by atoms with Crippen molar-refractivity contribution in [2.45, 2.75) is 20.0 Å². The third-order valence-corrected chi connectivity index (χ3v) is 5.85. The first-order valence-electron chi connectivity index (χ1n) is 9.11. The fourth-order valence-corrected chi connectivity index (χ4v) is 4.11. The van der Waals surface area contributed by atoms with Crippen molar-refractivity contribution in [3.63, 3.8) is 0 Å². The number of methoxy groups -OCH3 is 1. The van der Waals surface area contributed by atoms with E-state index in [2.05, 4.69) is 15.4 Å². The highest BCUT2D eigenvalue weighted by molar-refractivity contribution is 7.16. The van der Waals surface area contributed by atoms with Crippen LogP contribution >= 0.6 is 11.3 Å². The Morgan fingerprint density at radius 3 is 2.62 bits per heavy atom. The lowest BCUT2D eigenvalue weighted by Crippen LogP contribution is -2.16. The summed E-state index contributed by atoms with van der Waals surface area (Å²) in [5, 5.41) is 6.56. The highest BCUT2D eigenvalue weighted by Crippen LogP contribution is 2.34. The molecule has 4 aromatic heterocycles. The van der Waals surface area contributed by atoms with E-state index >= 15 is 0 Å². The van der Waals surface area contributed by atoms with E-state index < -0.39 is 23.7 Å². The maximum absolute atomic E-state index is 13.7. The summed E-state index contributed by atoms with van der Waals surface area (Å²) >= 11 is 1.15. The number of furan rings is 1. The molecule has 4 aromatic rings. The SMILES string of the molecule is COC(=O)c1c(NC(=O)c2cc3nc(-c4ccco4)cc(C(F)(F)F)n3n2)sc(C)c1C. The Bertz CT molecular complexity index is 1340. The number of thiophene rings is 1. The third kappa shape index (κ3) is 3.73. The van der Waals surface area contributed by atoms with Gasteiger partial charge in [0.2, 0.25) is 0 Å². The molecule has 0 aliphatic rings. The first kappa shape index (κ1) is 21.6. The van der Waals surface area contributed by atoms with Crippen molar-refractivity contribution in [2.75, 3.05) is 12.4 Å². The Labute approximate surface area is 182 Å². The van der Waals surface area contributed by atoms with Crippen LogP contribution in [-0.2, 0) is 10.9 Å². The summed E-state index contributed by atoms with van der Waals surface area (Å²) in [5.41, 5.74) is -0.856. The molecule has 0 atom stereocenters. The van der Waals surface area contributed by atoms with E-state index in [9.17, 15) is 22.8 Å². The molecule has 0 radical (unpaired) electrons. The van der Waals surface area contributed by atoms with Crippen molar-refractivity contribution in [2.24, 2.45) is 0 Å². The third-order valence-electron chi connectivity index (χ3n) is 4.73. The molecule has 0 unspecified atom stereocenters. The molecule has 1 amide bonds. The second-order valence-electron chi connectivity index (χ2n) is 6.73. The molecule has 0 aliphatic carbocycles. The molecule has 0 aromatic carbocycles. The second kappa shape index (κ2) is 7.79. The minimum atomic E-state index is -4.76. The number of rotatable bonds is 4. The number of ether oxygens (including phenoxy) is 1. The normalized spacial score (nSPS) is 11.7. The van der Waals surface area contributed by atoms with E-state index in [4.69, 9.17) is 9.15 Å². The van der Waals surface area contributed by atoms with E-state index in [1.807, 2.05) is 0 Å². The molecule has 0 aliphatic heterocycles. The summed E-state index contributed by atoms with van der Waals surface area (Å²) in [5.74, 6) is -1.30. The van der Waals surface area contributed by atoms with Crippen LogP contribution in [0.2, 0.25) is 0 Å². The van der Waals surface area contributed by atoms with Gasteiger partial charge < -0.3 is 14.5 Å². The first-order valence-corrected chi connectivity index (χ1v) is 9.93.